The van der Waals surface area contributed by atoms with E-state index in [9.17, 15) is 8.42 Å². The number of rotatable bonds is 6. The van der Waals surface area contributed by atoms with Crippen molar-refractivity contribution in [2.75, 3.05) is 12.3 Å². The van der Waals surface area contributed by atoms with E-state index in [0.29, 0.717) is 18.7 Å². The van der Waals surface area contributed by atoms with E-state index >= 15 is 0 Å². The minimum Gasteiger partial charge on any atom is -0.399 e. The second kappa shape index (κ2) is 6.65. The van der Waals surface area contributed by atoms with E-state index in [2.05, 4.69) is 9.71 Å². The number of imidazole rings is 1. The van der Waals surface area contributed by atoms with Gasteiger partial charge in [-0.1, -0.05) is 23.2 Å². The van der Waals surface area contributed by atoms with Gasteiger partial charge in [-0.15, -0.1) is 0 Å². The summed E-state index contributed by atoms with van der Waals surface area (Å²) in [6.45, 7) is 0.920. The summed E-state index contributed by atoms with van der Waals surface area (Å²) >= 11 is 11.8. The van der Waals surface area contributed by atoms with Gasteiger partial charge in [0.25, 0.3) is 0 Å². The highest BCUT2D eigenvalue weighted by Crippen LogP contribution is 2.31. The lowest BCUT2D eigenvalue weighted by Crippen LogP contribution is -2.26. The van der Waals surface area contributed by atoms with E-state index in [1.165, 1.54) is 12.1 Å². The molecule has 0 aliphatic carbocycles. The Kier molecular flexibility index (Phi) is 5.10. The summed E-state index contributed by atoms with van der Waals surface area (Å²) in [4.78, 5) is 3.76. The van der Waals surface area contributed by atoms with Crippen LogP contribution in [0.25, 0.3) is 0 Å². The number of nitrogens with one attached hydrogen (secondary N) is 1. The third-order valence-corrected chi connectivity index (χ3v) is 5.12. The second-order valence-electron chi connectivity index (χ2n) is 4.37. The van der Waals surface area contributed by atoms with Gasteiger partial charge in [0, 0.05) is 31.2 Å². The van der Waals surface area contributed by atoms with Crippen LogP contribution >= 0.6 is 23.2 Å². The van der Waals surface area contributed by atoms with Crippen LogP contribution in [0.2, 0.25) is 10.0 Å². The molecule has 0 saturated heterocycles. The monoisotopic (exact) mass is 348 g/mol. The standard InChI is InChI=1S/C12H14Cl2N4O2S/c13-10-6-9(15)7-11(14)12(10)21(19,20)17-2-1-4-18-5-3-16-8-18/h3,5-8,17H,1-2,4,15H2. The van der Waals surface area contributed by atoms with Gasteiger partial charge in [-0.2, -0.15) is 0 Å². The van der Waals surface area contributed by atoms with E-state index in [-0.39, 0.29) is 21.5 Å². The van der Waals surface area contributed by atoms with Gasteiger partial charge in [-0.3, -0.25) is 0 Å². The summed E-state index contributed by atoms with van der Waals surface area (Å²) in [7, 11) is -3.77. The fraction of sp³-hybridized carbons (Fsp3) is 0.250. The highest BCUT2D eigenvalue weighted by Gasteiger charge is 2.21. The molecule has 114 valence electrons. The van der Waals surface area contributed by atoms with Crippen molar-refractivity contribution in [2.24, 2.45) is 0 Å². The van der Waals surface area contributed by atoms with Crippen LogP contribution in [0, 0.1) is 0 Å². The zero-order valence-corrected chi connectivity index (χ0v) is 13.3. The van der Waals surface area contributed by atoms with Crippen molar-refractivity contribution >= 4 is 38.9 Å². The Balaban J connectivity index is 2.02. The van der Waals surface area contributed by atoms with Crippen LogP contribution in [-0.2, 0) is 16.6 Å². The smallest absolute Gasteiger partial charge is 0.243 e. The van der Waals surface area contributed by atoms with Crippen molar-refractivity contribution < 1.29 is 8.42 Å². The Hall–Kier alpha value is -1.28. The Bertz CT molecular complexity index is 694. The van der Waals surface area contributed by atoms with Crippen LogP contribution < -0.4 is 10.5 Å². The Morgan fingerprint density at radius 1 is 1.29 bits per heavy atom. The third kappa shape index (κ3) is 4.10. The van der Waals surface area contributed by atoms with Gasteiger partial charge in [0.05, 0.1) is 16.4 Å². The van der Waals surface area contributed by atoms with Gasteiger partial charge in [0.1, 0.15) is 4.90 Å². The largest absolute Gasteiger partial charge is 0.399 e. The summed E-state index contributed by atoms with van der Waals surface area (Å²) in [6.07, 6.45) is 5.75. The van der Waals surface area contributed by atoms with Gasteiger partial charge in [-0.05, 0) is 18.6 Å². The van der Waals surface area contributed by atoms with Crippen LogP contribution in [0.1, 0.15) is 6.42 Å². The van der Waals surface area contributed by atoms with Crippen LogP contribution in [0.5, 0.6) is 0 Å². The quantitative estimate of drug-likeness (QED) is 0.618. The molecule has 0 aliphatic rings. The van der Waals surface area contributed by atoms with Crippen molar-refractivity contribution in [3.05, 3.63) is 40.9 Å². The third-order valence-electron chi connectivity index (χ3n) is 2.73. The van der Waals surface area contributed by atoms with Crippen LogP contribution in [0.3, 0.4) is 0 Å². The number of halogens is 2. The molecule has 0 aliphatic heterocycles. The van der Waals surface area contributed by atoms with Crippen LogP contribution in [-0.4, -0.2) is 24.5 Å². The number of nitrogen functional groups attached to an aromatic ring is 1. The maximum atomic E-state index is 12.2. The van der Waals surface area contributed by atoms with E-state index in [1.54, 1.807) is 12.5 Å². The second-order valence-corrected chi connectivity index (χ2v) is 6.88. The molecule has 0 bridgehead atoms. The number of aromatic nitrogens is 2. The lowest BCUT2D eigenvalue weighted by molar-refractivity contribution is 0.570. The molecule has 1 aromatic heterocycles. The molecule has 6 nitrogen and oxygen atoms in total. The Morgan fingerprint density at radius 3 is 2.52 bits per heavy atom. The van der Waals surface area contributed by atoms with Crippen molar-refractivity contribution in [1.82, 2.24) is 14.3 Å². The first kappa shape index (κ1) is 16.1. The van der Waals surface area contributed by atoms with Gasteiger partial charge in [-0.25, -0.2) is 18.1 Å². The number of sulfonamides is 1. The van der Waals surface area contributed by atoms with E-state index < -0.39 is 10.0 Å². The first-order chi connectivity index (χ1) is 9.90. The Morgan fingerprint density at radius 2 is 1.95 bits per heavy atom. The van der Waals surface area contributed by atoms with Crippen LogP contribution in [0.4, 0.5) is 5.69 Å². The molecule has 1 heterocycles. The summed E-state index contributed by atoms with van der Waals surface area (Å²) in [5, 5.41) is 0.00391. The summed E-state index contributed by atoms with van der Waals surface area (Å²) in [5.41, 5.74) is 5.86. The molecule has 0 spiro atoms. The molecule has 3 N–H and O–H groups in total. The number of anilines is 1. The summed E-state index contributed by atoms with van der Waals surface area (Å²) in [6, 6.07) is 2.71. The molecule has 9 heteroatoms. The molecule has 2 rings (SSSR count). The number of aryl methyl sites for hydroxylation is 1. The molecule has 1 aromatic carbocycles. The van der Waals surface area contributed by atoms with Gasteiger partial charge >= 0.3 is 0 Å². The summed E-state index contributed by atoms with van der Waals surface area (Å²) < 4.78 is 28.7. The predicted octanol–water partition coefficient (Wildman–Crippen LogP) is 2.14. The maximum absolute atomic E-state index is 12.2. The topological polar surface area (TPSA) is 90.0 Å². The lowest BCUT2D eigenvalue weighted by atomic mass is 10.3. The summed E-state index contributed by atoms with van der Waals surface area (Å²) in [5.74, 6) is 0. The molecule has 0 saturated carbocycles. The van der Waals surface area contributed by atoms with Crippen molar-refractivity contribution in [3.8, 4) is 0 Å². The lowest BCUT2D eigenvalue weighted by Gasteiger charge is -2.11. The zero-order valence-electron chi connectivity index (χ0n) is 11.0. The first-order valence-electron chi connectivity index (χ1n) is 6.10. The number of hydrogen-bond acceptors (Lipinski definition) is 4. The first-order valence-corrected chi connectivity index (χ1v) is 8.34. The van der Waals surface area contributed by atoms with E-state index in [0.717, 1.165) is 0 Å². The Labute approximate surface area is 132 Å². The van der Waals surface area contributed by atoms with Gasteiger partial charge < -0.3 is 10.3 Å². The van der Waals surface area contributed by atoms with Crippen molar-refractivity contribution in [1.29, 1.82) is 0 Å². The number of nitrogens with two attached hydrogens (primary N) is 1. The molecule has 0 atom stereocenters. The normalized spacial score (nSPS) is 11.7. The van der Waals surface area contributed by atoms with E-state index in [1.807, 2.05) is 10.8 Å². The molecule has 0 unspecified atom stereocenters. The maximum Gasteiger partial charge on any atom is 0.243 e. The number of hydrogen-bond donors (Lipinski definition) is 2. The van der Waals surface area contributed by atoms with Gasteiger partial charge in [0.2, 0.25) is 10.0 Å². The van der Waals surface area contributed by atoms with Crippen LogP contribution in [0.15, 0.2) is 35.7 Å². The zero-order chi connectivity index (χ0) is 15.5. The molecule has 0 fully saturated rings. The number of benzene rings is 1. The molecule has 0 amide bonds. The molecule has 2 aromatic rings. The average Bonchev–Trinajstić information content (AvgIpc) is 2.86. The van der Waals surface area contributed by atoms with Gasteiger partial charge in [0.15, 0.2) is 0 Å². The minimum absolute atomic E-state index is 0.00195. The SMILES string of the molecule is Nc1cc(Cl)c(S(=O)(=O)NCCCn2ccnc2)c(Cl)c1. The average molecular weight is 349 g/mol. The fourth-order valence-corrected chi connectivity index (χ4v) is 4.10. The number of nitrogens with zero attached hydrogens (tertiary/aromatic N) is 2. The molecule has 21 heavy (non-hydrogen) atoms. The minimum atomic E-state index is -3.77. The molecule has 0 radical (unpaired) electrons. The molecular formula is C12H14Cl2N4O2S. The molecular weight excluding hydrogens is 335 g/mol. The van der Waals surface area contributed by atoms with Crippen molar-refractivity contribution in [3.63, 3.8) is 0 Å². The fourth-order valence-electron chi connectivity index (χ4n) is 1.80. The van der Waals surface area contributed by atoms with E-state index in [4.69, 9.17) is 28.9 Å². The van der Waals surface area contributed by atoms with Crippen molar-refractivity contribution in [2.45, 2.75) is 17.9 Å². The highest BCUT2D eigenvalue weighted by atomic mass is 35.5. The predicted molar refractivity (Wildman–Crippen MR) is 82.9 cm³/mol. The highest BCUT2D eigenvalue weighted by molar-refractivity contribution is 7.89.